The zero-order valence-corrected chi connectivity index (χ0v) is 21.2. The normalized spacial score (nSPS) is 18.3. The second-order valence-corrected chi connectivity index (χ2v) is 11.7. The lowest BCUT2D eigenvalue weighted by atomic mass is 9.94. The number of aromatic nitrogens is 1. The molecule has 11 heteroatoms. The standard InChI is InChI=1S/C24H28ClF2N3O4S/c1-15-9-19(25)21(28-12-15)13-30-7-5-24(27,6-8-30)14-34-22-11-20(26)18(10-17(22)16-3-4-16)23(31)29-35(2,32)33/h9-12,16H,3-8,13-14H2,1-2H3,(H,29,31). The number of carbonyl (C=O) groups excluding carboxylic acids is 1. The van der Waals surface area contributed by atoms with Crippen LogP contribution in [-0.2, 0) is 16.6 Å². The molecule has 1 aliphatic heterocycles. The van der Waals surface area contributed by atoms with Gasteiger partial charge in [-0.05, 0) is 61.8 Å². The molecule has 2 fully saturated rings. The summed E-state index contributed by atoms with van der Waals surface area (Å²) in [4.78, 5) is 18.7. The molecule has 0 atom stereocenters. The van der Waals surface area contributed by atoms with Crippen LogP contribution in [0.5, 0.6) is 5.75 Å². The molecule has 1 saturated heterocycles. The number of halogens is 3. The molecule has 0 radical (unpaired) electrons. The van der Waals surface area contributed by atoms with Gasteiger partial charge in [0.05, 0.1) is 22.5 Å². The molecule has 1 N–H and O–H groups in total. The van der Waals surface area contributed by atoms with Gasteiger partial charge < -0.3 is 4.74 Å². The van der Waals surface area contributed by atoms with Gasteiger partial charge in [-0.15, -0.1) is 0 Å². The number of carbonyl (C=O) groups is 1. The average Bonchev–Trinajstić information content (AvgIpc) is 3.60. The molecule has 2 heterocycles. The van der Waals surface area contributed by atoms with Crippen molar-refractivity contribution in [2.75, 3.05) is 26.0 Å². The Kier molecular flexibility index (Phi) is 7.36. The number of likely N-dealkylation sites (tertiary alicyclic amines) is 1. The van der Waals surface area contributed by atoms with Crippen LogP contribution in [0.4, 0.5) is 8.78 Å². The number of alkyl halides is 1. The maximum Gasteiger partial charge on any atom is 0.267 e. The lowest BCUT2D eigenvalue weighted by molar-refractivity contribution is 0.0145. The Morgan fingerprint density at radius 1 is 1.29 bits per heavy atom. The van der Waals surface area contributed by atoms with Gasteiger partial charge in [-0.1, -0.05) is 11.6 Å². The molecular formula is C24H28ClF2N3O4S. The van der Waals surface area contributed by atoms with Gasteiger partial charge >= 0.3 is 0 Å². The molecule has 1 aromatic carbocycles. The fraction of sp³-hybridized carbons (Fsp3) is 0.500. The Labute approximate surface area is 208 Å². The molecule has 4 rings (SSSR count). The minimum atomic E-state index is -3.84. The maximum atomic E-state index is 15.5. The zero-order chi connectivity index (χ0) is 25.4. The summed E-state index contributed by atoms with van der Waals surface area (Å²) in [7, 11) is -3.84. The first kappa shape index (κ1) is 25.8. The van der Waals surface area contributed by atoms with Gasteiger partial charge in [-0.3, -0.25) is 14.7 Å². The number of ether oxygens (including phenoxy) is 1. The molecule has 0 spiro atoms. The van der Waals surface area contributed by atoms with Crippen LogP contribution < -0.4 is 9.46 Å². The topological polar surface area (TPSA) is 88.6 Å². The van der Waals surface area contributed by atoms with Crippen LogP contribution in [0.1, 0.15) is 58.8 Å². The third kappa shape index (κ3) is 6.68. The molecule has 7 nitrogen and oxygen atoms in total. The van der Waals surface area contributed by atoms with Gasteiger partial charge in [0.1, 0.15) is 23.8 Å². The van der Waals surface area contributed by atoms with Crippen molar-refractivity contribution in [1.29, 1.82) is 0 Å². The number of rotatable bonds is 8. The molecule has 190 valence electrons. The summed E-state index contributed by atoms with van der Waals surface area (Å²) in [5, 5.41) is 0.591. The minimum Gasteiger partial charge on any atom is -0.490 e. The number of nitrogens with one attached hydrogen (secondary N) is 1. The van der Waals surface area contributed by atoms with Crippen LogP contribution in [0.2, 0.25) is 5.02 Å². The van der Waals surface area contributed by atoms with E-state index in [0.29, 0.717) is 30.2 Å². The second-order valence-electron chi connectivity index (χ2n) is 9.50. The first-order valence-corrected chi connectivity index (χ1v) is 13.7. The largest absolute Gasteiger partial charge is 0.490 e. The fourth-order valence-corrected chi connectivity index (χ4v) is 4.89. The number of pyridine rings is 1. The number of hydrogen-bond acceptors (Lipinski definition) is 6. The monoisotopic (exact) mass is 527 g/mol. The summed E-state index contributed by atoms with van der Waals surface area (Å²) in [6.45, 7) is 3.21. The first-order chi connectivity index (χ1) is 16.4. The van der Waals surface area contributed by atoms with Crippen molar-refractivity contribution >= 4 is 27.5 Å². The number of aryl methyl sites for hydroxylation is 1. The van der Waals surface area contributed by atoms with Crippen molar-refractivity contribution in [2.24, 2.45) is 0 Å². The molecular weight excluding hydrogens is 500 g/mol. The van der Waals surface area contributed by atoms with E-state index in [0.717, 1.165) is 36.4 Å². The van der Waals surface area contributed by atoms with Crippen molar-refractivity contribution in [3.63, 3.8) is 0 Å². The molecule has 1 aromatic heterocycles. The van der Waals surface area contributed by atoms with E-state index in [-0.39, 0.29) is 36.7 Å². The quantitative estimate of drug-likeness (QED) is 0.555. The van der Waals surface area contributed by atoms with Gasteiger partial charge in [-0.25, -0.2) is 21.9 Å². The number of nitrogens with zero attached hydrogens (tertiary/aromatic N) is 2. The highest BCUT2D eigenvalue weighted by atomic mass is 35.5. The Hall–Kier alpha value is -2.30. The van der Waals surface area contributed by atoms with Crippen molar-refractivity contribution in [3.05, 3.63) is 57.6 Å². The lowest BCUT2D eigenvalue weighted by Gasteiger charge is -2.36. The molecule has 1 saturated carbocycles. The molecule has 1 aliphatic carbocycles. The van der Waals surface area contributed by atoms with E-state index >= 15 is 4.39 Å². The second kappa shape index (κ2) is 9.99. The number of piperidine rings is 1. The minimum absolute atomic E-state index is 0.0690. The summed E-state index contributed by atoms with van der Waals surface area (Å²) in [5.74, 6) is -1.71. The average molecular weight is 528 g/mol. The highest BCUT2D eigenvalue weighted by molar-refractivity contribution is 7.89. The van der Waals surface area contributed by atoms with E-state index in [1.54, 1.807) is 10.9 Å². The Balaban J connectivity index is 1.40. The molecule has 0 bridgehead atoms. The van der Waals surface area contributed by atoms with Gasteiger partial charge in [0.2, 0.25) is 10.0 Å². The van der Waals surface area contributed by atoms with Gasteiger partial charge in [0.15, 0.2) is 0 Å². The number of benzene rings is 1. The SMILES string of the molecule is Cc1cnc(CN2CCC(F)(COc3cc(F)c(C(=O)NS(C)(=O)=O)cc3C3CC3)CC2)c(Cl)c1. The van der Waals surface area contributed by atoms with Crippen LogP contribution in [0, 0.1) is 12.7 Å². The van der Waals surface area contributed by atoms with E-state index in [4.69, 9.17) is 16.3 Å². The first-order valence-electron chi connectivity index (χ1n) is 11.4. The summed E-state index contributed by atoms with van der Waals surface area (Å²) in [6, 6.07) is 4.22. The van der Waals surface area contributed by atoms with Crippen molar-refractivity contribution in [2.45, 2.75) is 50.7 Å². The maximum absolute atomic E-state index is 15.5. The molecule has 35 heavy (non-hydrogen) atoms. The van der Waals surface area contributed by atoms with E-state index in [1.165, 1.54) is 6.07 Å². The molecule has 0 unspecified atom stereocenters. The summed E-state index contributed by atoms with van der Waals surface area (Å²) < 4.78 is 60.4. The van der Waals surface area contributed by atoms with E-state index < -0.39 is 27.4 Å². The Morgan fingerprint density at radius 3 is 2.57 bits per heavy atom. The van der Waals surface area contributed by atoms with Crippen LogP contribution in [0.15, 0.2) is 24.4 Å². The predicted molar refractivity (Wildman–Crippen MR) is 129 cm³/mol. The summed E-state index contributed by atoms with van der Waals surface area (Å²) in [5.41, 5.74) is 0.361. The molecule has 1 amide bonds. The van der Waals surface area contributed by atoms with Gasteiger partial charge in [0.25, 0.3) is 5.91 Å². The smallest absolute Gasteiger partial charge is 0.267 e. The third-order valence-electron chi connectivity index (χ3n) is 6.31. The number of sulfonamides is 1. The van der Waals surface area contributed by atoms with Crippen molar-refractivity contribution in [1.82, 2.24) is 14.6 Å². The van der Waals surface area contributed by atoms with E-state index in [2.05, 4.69) is 9.88 Å². The van der Waals surface area contributed by atoms with Gasteiger partial charge in [0, 0.05) is 31.9 Å². The lowest BCUT2D eigenvalue weighted by Crippen LogP contribution is -2.44. The zero-order valence-electron chi connectivity index (χ0n) is 19.6. The summed E-state index contributed by atoms with van der Waals surface area (Å²) >= 11 is 6.27. The highest BCUT2D eigenvalue weighted by Gasteiger charge is 2.37. The highest BCUT2D eigenvalue weighted by Crippen LogP contribution is 2.45. The van der Waals surface area contributed by atoms with Crippen molar-refractivity contribution < 1.29 is 26.7 Å². The number of amides is 1. The third-order valence-corrected chi connectivity index (χ3v) is 7.19. The van der Waals surface area contributed by atoms with Crippen LogP contribution >= 0.6 is 11.6 Å². The van der Waals surface area contributed by atoms with Gasteiger partial charge in [-0.2, -0.15) is 0 Å². The van der Waals surface area contributed by atoms with E-state index in [1.807, 2.05) is 13.0 Å². The van der Waals surface area contributed by atoms with Crippen molar-refractivity contribution in [3.8, 4) is 5.75 Å². The van der Waals surface area contributed by atoms with Crippen LogP contribution in [0.3, 0.4) is 0 Å². The van der Waals surface area contributed by atoms with Crippen LogP contribution in [0.25, 0.3) is 0 Å². The van der Waals surface area contributed by atoms with E-state index in [9.17, 15) is 17.6 Å². The fourth-order valence-electron chi connectivity index (χ4n) is 4.16. The predicted octanol–water partition coefficient (Wildman–Crippen LogP) is 4.13. The molecule has 2 aliphatic rings. The Morgan fingerprint density at radius 2 is 1.97 bits per heavy atom. The summed E-state index contributed by atoms with van der Waals surface area (Å²) in [6.07, 6.45) is 4.73. The number of hydrogen-bond donors (Lipinski definition) is 1. The Bertz CT molecular complexity index is 1230. The molecule has 2 aromatic rings. The van der Waals surface area contributed by atoms with Crippen LogP contribution in [-0.4, -0.2) is 55.8 Å².